The Hall–Kier alpha value is -0.0800. The maximum atomic E-state index is 9.48. The number of hydrogen-bond donors (Lipinski definition) is 2. The third-order valence-electron chi connectivity index (χ3n) is 3.71. The maximum Gasteiger partial charge on any atom is 0.0541 e. The molecule has 0 aromatic heterocycles. The van der Waals surface area contributed by atoms with E-state index in [9.17, 15) is 5.11 Å². The van der Waals surface area contributed by atoms with Gasteiger partial charge in [-0.05, 0) is 38.5 Å². The van der Waals surface area contributed by atoms with Crippen molar-refractivity contribution in [1.29, 1.82) is 0 Å². The van der Waals surface area contributed by atoms with E-state index in [1.165, 1.54) is 32.1 Å². The fraction of sp³-hybridized carbons (Fsp3) is 1.00. The molecule has 1 saturated carbocycles. The van der Waals surface area contributed by atoms with Crippen molar-refractivity contribution in [3.05, 3.63) is 0 Å². The van der Waals surface area contributed by atoms with Gasteiger partial charge in [0.1, 0.15) is 0 Å². The third kappa shape index (κ3) is 5.31. The van der Waals surface area contributed by atoms with E-state index < -0.39 is 0 Å². The van der Waals surface area contributed by atoms with Crippen molar-refractivity contribution in [3.63, 3.8) is 0 Å². The van der Waals surface area contributed by atoms with Crippen molar-refractivity contribution in [2.24, 2.45) is 0 Å². The lowest BCUT2D eigenvalue weighted by Crippen LogP contribution is -2.41. The van der Waals surface area contributed by atoms with Crippen LogP contribution in [0.3, 0.4) is 0 Å². The molecule has 1 atom stereocenters. The van der Waals surface area contributed by atoms with E-state index in [2.05, 4.69) is 19.2 Å². The number of aliphatic hydroxyl groups is 1. The van der Waals surface area contributed by atoms with Gasteiger partial charge in [-0.2, -0.15) is 0 Å². The van der Waals surface area contributed by atoms with Gasteiger partial charge >= 0.3 is 0 Å². The van der Waals surface area contributed by atoms with Crippen molar-refractivity contribution in [2.75, 3.05) is 0 Å². The summed E-state index contributed by atoms with van der Waals surface area (Å²) in [6.45, 7) is 4.53. The molecule has 0 heterocycles. The Morgan fingerprint density at radius 1 is 1.06 bits per heavy atom. The van der Waals surface area contributed by atoms with Crippen molar-refractivity contribution < 1.29 is 5.11 Å². The number of unbranched alkanes of at least 4 members (excludes halogenated alkanes) is 1. The van der Waals surface area contributed by atoms with Crippen LogP contribution < -0.4 is 5.32 Å². The highest BCUT2D eigenvalue weighted by Gasteiger charge is 2.21. The first kappa shape index (κ1) is 14.0. The second-order valence-electron chi connectivity index (χ2n) is 5.30. The molecule has 0 bridgehead atoms. The minimum atomic E-state index is -0.0293. The molecule has 1 aliphatic rings. The number of nitrogens with one attached hydrogen (secondary N) is 1. The van der Waals surface area contributed by atoms with Gasteiger partial charge in [-0.15, -0.1) is 0 Å². The molecule has 2 N–H and O–H groups in total. The fourth-order valence-corrected chi connectivity index (χ4v) is 2.69. The molecule has 1 rings (SSSR count). The molecule has 0 aliphatic heterocycles. The van der Waals surface area contributed by atoms with Crippen LogP contribution in [-0.2, 0) is 0 Å². The zero-order valence-corrected chi connectivity index (χ0v) is 11.0. The first-order valence-corrected chi connectivity index (χ1v) is 7.20. The van der Waals surface area contributed by atoms with Crippen LogP contribution in [-0.4, -0.2) is 23.3 Å². The van der Waals surface area contributed by atoms with Crippen LogP contribution in [0.5, 0.6) is 0 Å². The minimum Gasteiger partial charge on any atom is -0.393 e. The molecule has 0 radical (unpaired) electrons. The Labute approximate surface area is 101 Å². The molecule has 0 spiro atoms. The first-order valence-electron chi connectivity index (χ1n) is 7.20. The van der Waals surface area contributed by atoms with Gasteiger partial charge in [0.2, 0.25) is 0 Å². The predicted molar refractivity (Wildman–Crippen MR) is 69.6 cm³/mol. The molecule has 1 unspecified atom stereocenters. The summed E-state index contributed by atoms with van der Waals surface area (Å²) in [4.78, 5) is 0. The molecule has 96 valence electrons. The van der Waals surface area contributed by atoms with Crippen LogP contribution >= 0.6 is 0 Å². The lowest BCUT2D eigenvalue weighted by atomic mass is 9.91. The zero-order valence-electron chi connectivity index (χ0n) is 11.0. The summed E-state index contributed by atoms with van der Waals surface area (Å²) in [6, 6.07) is 1.38. The van der Waals surface area contributed by atoms with Crippen molar-refractivity contribution in [1.82, 2.24) is 5.32 Å². The van der Waals surface area contributed by atoms with Gasteiger partial charge in [0.15, 0.2) is 0 Å². The zero-order chi connectivity index (χ0) is 11.8. The predicted octanol–water partition coefficient (Wildman–Crippen LogP) is 3.24. The average Bonchev–Trinajstić information content (AvgIpc) is 2.29. The number of aliphatic hydroxyl groups excluding tert-OH is 1. The van der Waals surface area contributed by atoms with Gasteiger partial charge in [0.25, 0.3) is 0 Å². The molecule has 0 aromatic rings. The third-order valence-corrected chi connectivity index (χ3v) is 3.71. The van der Waals surface area contributed by atoms with E-state index >= 15 is 0 Å². The van der Waals surface area contributed by atoms with Gasteiger partial charge in [-0.25, -0.2) is 0 Å². The monoisotopic (exact) mass is 227 g/mol. The normalized spacial score (nSPS) is 27.9. The quantitative estimate of drug-likeness (QED) is 0.700. The SMILES string of the molecule is CCCCC(CCC)NC1CCC(O)CC1. The van der Waals surface area contributed by atoms with Gasteiger partial charge in [-0.3, -0.25) is 0 Å². The fourth-order valence-electron chi connectivity index (χ4n) is 2.69. The van der Waals surface area contributed by atoms with Gasteiger partial charge in [-0.1, -0.05) is 33.1 Å². The van der Waals surface area contributed by atoms with Crippen molar-refractivity contribution in [3.8, 4) is 0 Å². The Morgan fingerprint density at radius 3 is 2.31 bits per heavy atom. The molecule has 0 saturated heterocycles. The van der Waals surface area contributed by atoms with E-state index in [0.717, 1.165) is 25.7 Å². The second kappa shape index (κ2) is 8.08. The average molecular weight is 227 g/mol. The van der Waals surface area contributed by atoms with Crippen molar-refractivity contribution in [2.45, 2.75) is 89.8 Å². The summed E-state index contributed by atoms with van der Waals surface area (Å²) in [5, 5.41) is 13.3. The summed E-state index contributed by atoms with van der Waals surface area (Å²) in [5.74, 6) is 0. The van der Waals surface area contributed by atoms with Crippen LogP contribution in [0, 0.1) is 0 Å². The highest BCUT2D eigenvalue weighted by atomic mass is 16.3. The lowest BCUT2D eigenvalue weighted by Gasteiger charge is -2.30. The lowest BCUT2D eigenvalue weighted by molar-refractivity contribution is 0.113. The first-order chi connectivity index (χ1) is 7.76. The topological polar surface area (TPSA) is 32.3 Å². The summed E-state index contributed by atoms with van der Waals surface area (Å²) >= 11 is 0. The van der Waals surface area contributed by atoms with Crippen molar-refractivity contribution >= 4 is 0 Å². The van der Waals surface area contributed by atoms with Crippen LogP contribution in [0.15, 0.2) is 0 Å². The molecule has 0 aromatic carbocycles. The number of hydrogen-bond acceptors (Lipinski definition) is 2. The van der Waals surface area contributed by atoms with Crippen LogP contribution in [0.1, 0.15) is 71.6 Å². The molecular formula is C14H29NO. The molecule has 1 aliphatic carbocycles. The highest BCUT2D eigenvalue weighted by molar-refractivity contribution is 4.80. The van der Waals surface area contributed by atoms with Crippen LogP contribution in [0.4, 0.5) is 0 Å². The standard InChI is InChI=1S/C14H29NO/c1-3-5-7-12(6-4-2)15-13-8-10-14(16)11-9-13/h12-16H,3-11H2,1-2H3. The molecular weight excluding hydrogens is 198 g/mol. The number of rotatable bonds is 7. The van der Waals surface area contributed by atoms with E-state index in [1.54, 1.807) is 0 Å². The Bertz CT molecular complexity index is 164. The van der Waals surface area contributed by atoms with Crippen LogP contribution in [0.2, 0.25) is 0 Å². The summed E-state index contributed by atoms with van der Waals surface area (Å²) in [6.07, 6.45) is 10.8. The highest BCUT2D eigenvalue weighted by Crippen LogP contribution is 2.20. The smallest absolute Gasteiger partial charge is 0.0541 e. The molecule has 2 heteroatoms. The van der Waals surface area contributed by atoms with E-state index in [-0.39, 0.29) is 6.10 Å². The van der Waals surface area contributed by atoms with Gasteiger partial charge in [0, 0.05) is 12.1 Å². The summed E-state index contributed by atoms with van der Waals surface area (Å²) in [5.41, 5.74) is 0. The van der Waals surface area contributed by atoms with E-state index in [4.69, 9.17) is 0 Å². The van der Waals surface area contributed by atoms with E-state index in [1.807, 2.05) is 0 Å². The molecule has 1 fully saturated rings. The second-order valence-corrected chi connectivity index (χ2v) is 5.30. The summed E-state index contributed by atoms with van der Waals surface area (Å²) < 4.78 is 0. The molecule has 2 nitrogen and oxygen atoms in total. The van der Waals surface area contributed by atoms with Crippen LogP contribution in [0.25, 0.3) is 0 Å². The largest absolute Gasteiger partial charge is 0.393 e. The van der Waals surface area contributed by atoms with Gasteiger partial charge in [0.05, 0.1) is 6.10 Å². The summed E-state index contributed by atoms with van der Waals surface area (Å²) in [7, 11) is 0. The minimum absolute atomic E-state index is 0.0293. The Balaban J connectivity index is 2.24. The maximum absolute atomic E-state index is 9.48. The molecule has 0 amide bonds. The Kier molecular flexibility index (Phi) is 7.06. The molecule has 16 heavy (non-hydrogen) atoms. The Morgan fingerprint density at radius 2 is 1.75 bits per heavy atom. The van der Waals surface area contributed by atoms with E-state index in [0.29, 0.717) is 12.1 Å². The van der Waals surface area contributed by atoms with Gasteiger partial charge < -0.3 is 10.4 Å².